The Labute approximate surface area is 191 Å². The molecule has 0 aliphatic heterocycles. The van der Waals surface area contributed by atoms with Crippen LogP contribution < -0.4 is 15.7 Å². The zero-order valence-electron chi connectivity index (χ0n) is 17.8. The number of halogens is 4. The number of aromatic nitrogens is 1. The van der Waals surface area contributed by atoms with Crippen molar-refractivity contribution in [3.05, 3.63) is 63.6 Å². The monoisotopic (exact) mass is 484 g/mol. The van der Waals surface area contributed by atoms with Crippen molar-refractivity contribution in [2.75, 3.05) is 12.4 Å². The average molecular weight is 485 g/mol. The Morgan fingerprint density at radius 2 is 1.94 bits per heavy atom. The predicted molar refractivity (Wildman–Crippen MR) is 116 cm³/mol. The van der Waals surface area contributed by atoms with E-state index in [1.165, 1.54) is 51.4 Å². The van der Waals surface area contributed by atoms with Crippen LogP contribution >= 0.6 is 11.6 Å². The van der Waals surface area contributed by atoms with Gasteiger partial charge < -0.3 is 19.7 Å². The third-order valence-corrected chi connectivity index (χ3v) is 5.70. The van der Waals surface area contributed by atoms with Crippen LogP contribution in [-0.2, 0) is 10.2 Å². The van der Waals surface area contributed by atoms with E-state index in [0.29, 0.717) is 0 Å². The lowest BCUT2D eigenvalue weighted by atomic mass is 9.74. The van der Waals surface area contributed by atoms with Gasteiger partial charge in [-0.1, -0.05) is 42.7 Å². The highest BCUT2D eigenvalue weighted by atomic mass is 35.5. The third kappa shape index (κ3) is 4.67. The molecule has 1 heterocycles. The molecule has 0 fully saturated rings. The van der Waals surface area contributed by atoms with Crippen LogP contribution in [0.2, 0.25) is 5.02 Å². The Bertz CT molecular complexity index is 1260. The molecular formula is C22H20ClF3N2O5. The topological polar surface area (TPSA) is 102 Å². The van der Waals surface area contributed by atoms with E-state index in [2.05, 4.69) is 15.0 Å². The number of ether oxygens (including phenoxy) is 1. The molecule has 2 aromatic carbocycles. The van der Waals surface area contributed by atoms with Crippen LogP contribution in [-0.4, -0.2) is 35.1 Å². The summed E-state index contributed by atoms with van der Waals surface area (Å²) in [7, 11) is 1.36. The minimum atomic E-state index is -5.31. The highest BCUT2D eigenvalue weighted by Crippen LogP contribution is 2.45. The van der Waals surface area contributed by atoms with Crippen LogP contribution in [0.3, 0.4) is 0 Å². The van der Waals surface area contributed by atoms with Gasteiger partial charge in [-0.2, -0.15) is 13.2 Å². The van der Waals surface area contributed by atoms with Crippen molar-refractivity contribution in [1.82, 2.24) is 5.16 Å². The Balaban J connectivity index is 1.97. The van der Waals surface area contributed by atoms with Gasteiger partial charge in [0.05, 0.1) is 23.7 Å². The number of rotatable bonds is 6. The van der Waals surface area contributed by atoms with Gasteiger partial charge in [0.15, 0.2) is 0 Å². The lowest BCUT2D eigenvalue weighted by Crippen LogP contribution is -2.57. The maximum absolute atomic E-state index is 14.0. The van der Waals surface area contributed by atoms with E-state index in [-0.39, 0.29) is 32.8 Å². The summed E-state index contributed by atoms with van der Waals surface area (Å²) in [5.41, 5.74) is -5.69. The number of hydrogen-bond donors (Lipinski definition) is 2. The smallest absolute Gasteiger partial charge is 0.426 e. The minimum absolute atomic E-state index is 0.0696. The summed E-state index contributed by atoms with van der Waals surface area (Å²) in [5.74, 6) is -1.44. The number of benzene rings is 2. The maximum atomic E-state index is 14.0. The molecule has 0 saturated carbocycles. The van der Waals surface area contributed by atoms with Gasteiger partial charge in [-0.15, -0.1) is 0 Å². The van der Waals surface area contributed by atoms with Crippen LogP contribution in [0.1, 0.15) is 25.8 Å². The van der Waals surface area contributed by atoms with E-state index in [0.717, 1.165) is 0 Å². The first-order valence-corrected chi connectivity index (χ1v) is 10.0. The molecule has 0 saturated heterocycles. The lowest BCUT2D eigenvalue weighted by molar-refractivity contribution is -0.254. The second kappa shape index (κ2) is 8.68. The van der Waals surface area contributed by atoms with Crippen LogP contribution in [0.4, 0.5) is 18.9 Å². The number of carbonyl (C=O) groups excluding carboxylic acids is 1. The predicted octanol–water partition coefficient (Wildman–Crippen LogP) is 4.45. The SMILES string of the molecule is COc1cccc(C(C)(C)CC(O)(C(=O)Nc2ccc3c(=O)oncc3c2)C(F)(F)F)c1Cl. The van der Waals surface area contributed by atoms with Gasteiger partial charge in [-0.3, -0.25) is 4.79 Å². The van der Waals surface area contributed by atoms with Crippen molar-refractivity contribution < 1.29 is 32.3 Å². The van der Waals surface area contributed by atoms with Gasteiger partial charge in [0.2, 0.25) is 5.60 Å². The summed E-state index contributed by atoms with van der Waals surface area (Å²) in [6, 6.07) is 8.33. The van der Waals surface area contributed by atoms with E-state index in [4.69, 9.17) is 16.3 Å². The lowest BCUT2D eigenvalue weighted by Gasteiger charge is -2.37. The summed E-state index contributed by atoms with van der Waals surface area (Å²) in [6.45, 7) is 2.86. The third-order valence-electron chi connectivity index (χ3n) is 5.31. The Hall–Kier alpha value is -3.11. The van der Waals surface area contributed by atoms with Crippen LogP contribution in [0.5, 0.6) is 5.75 Å². The van der Waals surface area contributed by atoms with Gasteiger partial charge in [0.25, 0.3) is 5.91 Å². The summed E-state index contributed by atoms with van der Waals surface area (Å²) in [6.07, 6.45) is -5.16. The molecule has 1 aromatic heterocycles. The number of carbonyl (C=O) groups is 1. The van der Waals surface area contributed by atoms with E-state index in [1.54, 1.807) is 12.1 Å². The van der Waals surface area contributed by atoms with Crippen molar-refractivity contribution >= 4 is 34.0 Å². The van der Waals surface area contributed by atoms with Crippen molar-refractivity contribution in [1.29, 1.82) is 0 Å². The number of fused-ring (bicyclic) bond motifs is 1. The number of nitrogens with one attached hydrogen (secondary N) is 1. The molecule has 0 bridgehead atoms. The molecule has 176 valence electrons. The molecule has 0 spiro atoms. The van der Waals surface area contributed by atoms with Gasteiger partial charge >= 0.3 is 11.8 Å². The average Bonchev–Trinajstić information content (AvgIpc) is 2.72. The largest absolute Gasteiger partial charge is 0.495 e. The second-order valence-electron chi connectivity index (χ2n) is 8.11. The molecule has 2 N–H and O–H groups in total. The summed E-state index contributed by atoms with van der Waals surface area (Å²) >= 11 is 6.29. The number of methoxy groups -OCH3 is 1. The minimum Gasteiger partial charge on any atom is -0.495 e. The highest BCUT2D eigenvalue weighted by Gasteiger charge is 2.61. The highest BCUT2D eigenvalue weighted by molar-refractivity contribution is 6.33. The molecule has 1 atom stereocenters. The molecule has 0 aliphatic carbocycles. The van der Waals surface area contributed by atoms with E-state index in [1.807, 2.05) is 0 Å². The van der Waals surface area contributed by atoms with E-state index < -0.39 is 35.1 Å². The standard InChI is InChI=1S/C22H20ClF3N2O5/c1-20(2,15-5-4-6-16(32-3)17(15)23)11-21(31,22(24,25)26)19(30)28-13-7-8-14-12(9-13)10-27-33-18(14)29/h4-10,31H,11H2,1-3H3,(H,28,30). The molecule has 0 aliphatic rings. The fourth-order valence-electron chi connectivity index (χ4n) is 3.58. The van der Waals surface area contributed by atoms with Crippen molar-refractivity contribution in [3.63, 3.8) is 0 Å². The van der Waals surface area contributed by atoms with Crippen molar-refractivity contribution in [2.45, 2.75) is 37.5 Å². The summed E-state index contributed by atoms with van der Waals surface area (Å²) in [5, 5.41) is 16.6. The van der Waals surface area contributed by atoms with E-state index in [9.17, 15) is 27.9 Å². The van der Waals surface area contributed by atoms with Crippen molar-refractivity contribution in [3.8, 4) is 5.75 Å². The maximum Gasteiger partial charge on any atom is 0.426 e. The fourth-order valence-corrected chi connectivity index (χ4v) is 4.04. The first-order valence-electron chi connectivity index (χ1n) is 9.62. The van der Waals surface area contributed by atoms with Gasteiger partial charge in [0.1, 0.15) is 5.75 Å². The van der Waals surface area contributed by atoms with Crippen molar-refractivity contribution in [2.24, 2.45) is 0 Å². The molecule has 1 amide bonds. The van der Waals surface area contributed by atoms with Gasteiger partial charge in [0, 0.05) is 17.5 Å². The number of nitrogens with zero attached hydrogens (tertiary/aromatic N) is 1. The number of amides is 1. The zero-order valence-corrected chi connectivity index (χ0v) is 18.5. The normalized spacial score (nSPS) is 14.1. The second-order valence-corrected chi connectivity index (χ2v) is 8.49. The molecule has 0 radical (unpaired) electrons. The quantitative estimate of drug-likeness (QED) is 0.536. The van der Waals surface area contributed by atoms with Crippen LogP contribution in [0.15, 0.2) is 51.9 Å². The number of hydrogen-bond acceptors (Lipinski definition) is 6. The Morgan fingerprint density at radius 1 is 1.24 bits per heavy atom. The summed E-state index contributed by atoms with van der Waals surface area (Å²) in [4.78, 5) is 24.4. The molecule has 3 rings (SSSR count). The number of anilines is 1. The Morgan fingerprint density at radius 3 is 2.58 bits per heavy atom. The summed E-state index contributed by atoms with van der Waals surface area (Å²) < 4.78 is 51.7. The van der Waals surface area contributed by atoms with Crippen LogP contribution in [0, 0.1) is 0 Å². The van der Waals surface area contributed by atoms with Crippen LogP contribution in [0.25, 0.3) is 10.8 Å². The first-order chi connectivity index (χ1) is 15.3. The van der Waals surface area contributed by atoms with E-state index >= 15 is 0 Å². The van der Waals surface area contributed by atoms with Gasteiger partial charge in [-0.05, 0) is 35.2 Å². The van der Waals surface area contributed by atoms with Gasteiger partial charge in [-0.25, -0.2) is 4.79 Å². The number of aliphatic hydroxyl groups is 1. The first kappa shape index (κ1) is 24.5. The molecule has 1 unspecified atom stereocenters. The number of alkyl halides is 3. The molecule has 7 nitrogen and oxygen atoms in total. The Kier molecular flexibility index (Phi) is 6.45. The fraction of sp³-hybridized carbons (Fsp3) is 0.318. The zero-order chi connectivity index (χ0) is 24.6. The molecule has 11 heteroatoms. The molecular weight excluding hydrogens is 465 g/mol. The molecule has 3 aromatic rings. The molecule has 33 heavy (non-hydrogen) atoms.